The molecule has 1 aliphatic rings. The van der Waals surface area contributed by atoms with Gasteiger partial charge in [0.1, 0.15) is 11.9 Å². The van der Waals surface area contributed by atoms with Crippen LogP contribution in [0.5, 0.6) is 5.75 Å². The summed E-state index contributed by atoms with van der Waals surface area (Å²) in [6.45, 7) is 3.09. The molecule has 0 aliphatic carbocycles. The Balaban J connectivity index is 1.48. The van der Waals surface area contributed by atoms with Crippen molar-refractivity contribution in [2.24, 2.45) is 0 Å². The van der Waals surface area contributed by atoms with Gasteiger partial charge in [-0.1, -0.05) is 17.7 Å². The van der Waals surface area contributed by atoms with Crippen molar-refractivity contribution in [2.45, 2.75) is 31.9 Å². The van der Waals surface area contributed by atoms with Gasteiger partial charge in [-0.15, -0.1) is 11.3 Å². The average Bonchev–Trinajstić information content (AvgIpc) is 3.04. The van der Waals surface area contributed by atoms with E-state index in [0.29, 0.717) is 6.04 Å². The molecule has 0 fully saturated rings. The highest BCUT2D eigenvalue weighted by Crippen LogP contribution is 2.30. The van der Waals surface area contributed by atoms with Gasteiger partial charge < -0.3 is 10.1 Å². The van der Waals surface area contributed by atoms with Crippen LogP contribution in [-0.2, 0) is 12.8 Å². The normalized spacial score (nSPS) is 18.6. The SMILES string of the molecule is CC(Cc1cccs1)NCC1Cc2cc(Cl)ccc2O1. The maximum Gasteiger partial charge on any atom is 0.123 e. The predicted molar refractivity (Wildman–Crippen MR) is 85.1 cm³/mol. The van der Waals surface area contributed by atoms with Crippen LogP contribution in [0.1, 0.15) is 17.4 Å². The Labute approximate surface area is 128 Å². The van der Waals surface area contributed by atoms with E-state index in [4.69, 9.17) is 16.3 Å². The molecule has 2 aromatic rings. The minimum absolute atomic E-state index is 0.217. The van der Waals surface area contributed by atoms with Crippen LogP contribution in [-0.4, -0.2) is 18.7 Å². The summed E-state index contributed by atoms with van der Waals surface area (Å²) in [7, 11) is 0. The van der Waals surface area contributed by atoms with Crippen LogP contribution < -0.4 is 10.1 Å². The minimum Gasteiger partial charge on any atom is -0.488 e. The smallest absolute Gasteiger partial charge is 0.123 e. The lowest BCUT2D eigenvalue weighted by Gasteiger charge is -2.16. The molecule has 0 radical (unpaired) electrons. The molecule has 0 spiro atoms. The molecule has 1 aromatic heterocycles. The molecule has 1 N–H and O–H groups in total. The van der Waals surface area contributed by atoms with Gasteiger partial charge in [0, 0.05) is 28.9 Å². The van der Waals surface area contributed by atoms with E-state index >= 15 is 0 Å². The van der Waals surface area contributed by atoms with Gasteiger partial charge in [0.15, 0.2) is 0 Å². The third kappa shape index (κ3) is 3.35. The molecule has 1 aliphatic heterocycles. The lowest BCUT2D eigenvalue weighted by molar-refractivity contribution is 0.222. The molecular formula is C16H18ClNOS. The van der Waals surface area contributed by atoms with Gasteiger partial charge in [-0.2, -0.15) is 0 Å². The van der Waals surface area contributed by atoms with E-state index in [1.165, 1.54) is 10.4 Å². The van der Waals surface area contributed by atoms with Crippen molar-refractivity contribution in [2.75, 3.05) is 6.54 Å². The average molecular weight is 308 g/mol. The number of benzene rings is 1. The Kier molecular flexibility index (Phi) is 4.29. The van der Waals surface area contributed by atoms with Gasteiger partial charge >= 0.3 is 0 Å². The number of hydrogen-bond acceptors (Lipinski definition) is 3. The molecule has 0 saturated heterocycles. The fourth-order valence-electron chi connectivity index (χ4n) is 2.54. The number of ether oxygens (including phenoxy) is 1. The summed E-state index contributed by atoms with van der Waals surface area (Å²) < 4.78 is 5.93. The van der Waals surface area contributed by atoms with Crippen molar-refractivity contribution >= 4 is 22.9 Å². The summed E-state index contributed by atoms with van der Waals surface area (Å²) in [5, 5.41) is 6.47. The summed E-state index contributed by atoms with van der Waals surface area (Å²) in [6, 6.07) is 10.6. The number of hydrogen-bond donors (Lipinski definition) is 1. The molecule has 20 heavy (non-hydrogen) atoms. The van der Waals surface area contributed by atoms with E-state index in [-0.39, 0.29) is 6.10 Å². The van der Waals surface area contributed by atoms with E-state index in [9.17, 15) is 0 Å². The van der Waals surface area contributed by atoms with Crippen molar-refractivity contribution in [3.63, 3.8) is 0 Å². The largest absolute Gasteiger partial charge is 0.488 e. The van der Waals surface area contributed by atoms with E-state index in [2.05, 4.69) is 29.8 Å². The Hall–Kier alpha value is -1.03. The fraction of sp³-hybridized carbons (Fsp3) is 0.375. The molecule has 2 atom stereocenters. The second kappa shape index (κ2) is 6.17. The predicted octanol–water partition coefficient (Wildman–Crippen LogP) is 3.93. The van der Waals surface area contributed by atoms with Crippen LogP contribution in [0.4, 0.5) is 0 Å². The third-order valence-electron chi connectivity index (χ3n) is 3.55. The van der Waals surface area contributed by atoms with E-state index < -0.39 is 0 Å². The second-order valence-electron chi connectivity index (χ2n) is 5.29. The minimum atomic E-state index is 0.217. The van der Waals surface area contributed by atoms with Crippen LogP contribution >= 0.6 is 22.9 Å². The fourth-order valence-corrected chi connectivity index (χ4v) is 3.57. The lowest BCUT2D eigenvalue weighted by Crippen LogP contribution is -2.36. The summed E-state index contributed by atoms with van der Waals surface area (Å²) in [4.78, 5) is 1.42. The van der Waals surface area contributed by atoms with E-state index in [0.717, 1.165) is 30.2 Å². The van der Waals surface area contributed by atoms with Crippen molar-refractivity contribution in [3.05, 3.63) is 51.2 Å². The highest BCUT2D eigenvalue weighted by molar-refractivity contribution is 7.09. The number of nitrogens with one attached hydrogen (secondary N) is 1. The van der Waals surface area contributed by atoms with Gasteiger partial charge in [-0.05, 0) is 48.6 Å². The Morgan fingerprint density at radius 1 is 1.45 bits per heavy atom. The van der Waals surface area contributed by atoms with Crippen molar-refractivity contribution in [1.29, 1.82) is 0 Å². The third-order valence-corrected chi connectivity index (χ3v) is 4.68. The molecule has 0 amide bonds. The highest BCUT2D eigenvalue weighted by atomic mass is 35.5. The summed E-state index contributed by atoms with van der Waals surface area (Å²) in [5.74, 6) is 0.979. The van der Waals surface area contributed by atoms with Crippen LogP contribution in [0.2, 0.25) is 5.02 Å². The quantitative estimate of drug-likeness (QED) is 0.904. The first-order valence-electron chi connectivity index (χ1n) is 6.91. The summed E-state index contributed by atoms with van der Waals surface area (Å²) >= 11 is 7.82. The van der Waals surface area contributed by atoms with Crippen LogP contribution in [0.25, 0.3) is 0 Å². The number of fused-ring (bicyclic) bond motifs is 1. The Morgan fingerprint density at radius 3 is 3.15 bits per heavy atom. The van der Waals surface area contributed by atoms with Crippen molar-refractivity contribution < 1.29 is 4.74 Å². The van der Waals surface area contributed by atoms with Crippen molar-refractivity contribution in [3.8, 4) is 5.75 Å². The topological polar surface area (TPSA) is 21.3 Å². The van der Waals surface area contributed by atoms with Crippen LogP contribution in [0.3, 0.4) is 0 Å². The standard InChI is InChI=1S/C16H18ClNOS/c1-11(7-15-3-2-6-20-15)18-10-14-9-12-8-13(17)4-5-16(12)19-14/h2-6,8,11,14,18H,7,9-10H2,1H3. The Morgan fingerprint density at radius 2 is 2.35 bits per heavy atom. The van der Waals surface area contributed by atoms with Gasteiger partial charge in [0.25, 0.3) is 0 Å². The lowest BCUT2D eigenvalue weighted by atomic mass is 10.1. The van der Waals surface area contributed by atoms with Gasteiger partial charge in [-0.25, -0.2) is 0 Å². The molecule has 2 unspecified atom stereocenters. The summed E-state index contributed by atoms with van der Waals surface area (Å²) in [5.41, 5.74) is 1.22. The number of rotatable bonds is 5. The Bertz CT molecular complexity index is 570. The van der Waals surface area contributed by atoms with Gasteiger partial charge in [0.05, 0.1) is 0 Å². The maximum absolute atomic E-state index is 6.01. The first-order valence-corrected chi connectivity index (χ1v) is 8.17. The molecule has 0 bridgehead atoms. The first kappa shape index (κ1) is 13.9. The summed E-state index contributed by atoms with van der Waals surface area (Å²) in [6.07, 6.45) is 2.23. The monoisotopic (exact) mass is 307 g/mol. The number of halogens is 1. The first-order chi connectivity index (χ1) is 9.70. The molecule has 2 nitrogen and oxygen atoms in total. The molecule has 4 heteroatoms. The zero-order valence-corrected chi connectivity index (χ0v) is 13.0. The van der Waals surface area contributed by atoms with Gasteiger partial charge in [-0.3, -0.25) is 0 Å². The maximum atomic E-state index is 6.01. The molecule has 1 aromatic carbocycles. The highest BCUT2D eigenvalue weighted by Gasteiger charge is 2.23. The van der Waals surface area contributed by atoms with Gasteiger partial charge in [0.2, 0.25) is 0 Å². The zero-order valence-electron chi connectivity index (χ0n) is 11.4. The second-order valence-corrected chi connectivity index (χ2v) is 6.76. The molecule has 2 heterocycles. The molecule has 0 saturated carbocycles. The van der Waals surface area contributed by atoms with Crippen LogP contribution in [0.15, 0.2) is 35.7 Å². The molecule has 3 rings (SSSR count). The number of thiophene rings is 1. The van der Waals surface area contributed by atoms with Crippen molar-refractivity contribution in [1.82, 2.24) is 5.32 Å². The molecule has 106 valence electrons. The molecular weight excluding hydrogens is 290 g/mol. The van der Waals surface area contributed by atoms with Crippen LogP contribution in [0, 0.1) is 0 Å². The zero-order chi connectivity index (χ0) is 13.9. The van der Waals surface area contributed by atoms with E-state index in [1.54, 1.807) is 0 Å². The van der Waals surface area contributed by atoms with E-state index in [1.807, 2.05) is 29.5 Å².